The van der Waals surface area contributed by atoms with E-state index in [1.165, 1.54) is 11.8 Å². The molecule has 0 spiro atoms. The maximum atomic E-state index is 11.8. The van der Waals surface area contributed by atoms with Gasteiger partial charge in [-0.05, 0) is 36.8 Å². The molecule has 2 aromatic carbocycles. The fourth-order valence-corrected chi connectivity index (χ4v) is 3.39. The Labute approximate surface area is 161 Å². The van der Waals surface area contributed by atoms with Crippen molar-refractivity contribution in [3.8, 4) is 11.4 Å². The van der Waals surface area contributed by atoms with Crippen LogP contribution in [0.1, 0.15) is 12.5 Å². The van der Waals surface area contributed by atoms with Crippen molar-refractivity contribution in [1.29, 1.82) is 0 Å². The lowest BCUT2D eigenvalue weighted by Crippen LogP contribution is -2.24. The molecule has 1 N–H and O–H groups in total. The van der Waals surface area contributed by atoms with E-state index in [0.29, 0.717) is 29.0 Å². The lowest BCUT2D eigenvalue weighted by Gasteiger charge is -2.10. The predicted octanol–water partition coefficient (Wildman–Crippen LogP) is 3.88. The molecular weight excluding hydrogens is 368 g/mol. The van der Waals surface area contributed by atoms with Crippen LogP contribution in [0.3, 0.4) is 0 Å². The van der Waals surface area contributed by atoms with E-state index in [2.05, 4.69) is 27.6 Å². The average Bonchev–Trinajstić information content (AvgIpc) is 3.04. The zero-order chi connectivity index (χ0) is 18.4. The molecule has 0 bridgehead atoms. The number of hydrogen-bond acceptors (Lipinski definition) is 4. The Morgan fingerprint density at radius 3 is 2.54 bits per heavy atom. The van der Waals surface area contributed by atoms with Gasteiger partial charge in [-0.1, -0.05) is 53.7 Å². The third-order valence-corrected chi connectivity index (χ3v) is 4.93. The van der Waals surface area contributed by atoms with Gasteiger partial charge in [-0.15, -0.1) is 10.2 Å². The number of rotatable bonds is 7. The summed E-state index contributed by atoms with van der Waals surface area (Å²) in [5.41, 5.74) is 2.07. The monoisotopic (exact) mass is 386 g/mol. The van der Waals surface area contributed by atoms with Crippen LogP contribution in [0.2, 0.25) is 5.02 Å². The quantitative estimate of drug-likeness (QED) is 0.626. The van der Waals surface area contributed by atoms with Gasteiger partial charge in [-0.25, -0.2) is 0 Å². The normalized spacial score (nSPS) is 10.7. The topological polar surface area (TPSA) is 59.8 Å². The minimum absolute atomic E-state index is 0.0141. The molecule has 0 aliphatic rings. The standard InChI is InChI=1S/C19H19ClN4OS/c1-2-21-17(25)13-26-19-23-22-18(15-8-10-16(20)11-9-15)24(19)12-14-6-4-3-5-7-14/h3-11H,2,12-13H2,1H3,(H,21,25). The molecule has 7 heteroatoms. The highest BCUT2D eigenvalue weighted by molar-refractivity contribution is 7.99. The molecule has 0 atom stereocenters. The van der Waals surface area contributed by atoms with Crippen molar-refractivity contribution in [2.75, 3.05) is 12.3 Å². The minimum Gasteiger partial charge on any atom is -0.356 e. The van der Waals surface area contributed by atoms with Crippen LogP contribution >= 0.6 is 23.4 Å². The van der Waals surface area contributed by atoms with E-state index < -0.39 is 0 Å². The first-order valence-corrected chi connectivity index (χ1v) is 9.66. The summed E-state index contributed by atoms with van der Waals surface area (Å²) in [6.45, 7) is 3.15. The van der Waals surface area contributed by atoms with E-state index in [4.69, 9.17) is 11.6 Å². The molecule has 0 aliphatic carbocycles. The fourth-order valence-electron chi connectivity index (χ4n) is 2.49. The number of amides is 1. The number of carbonyl (C=O) groups is 1. The smallest absolute Gasteiger partial charge is 0.230 e. The van der Waals surface area contributed by atoms with Crippen LogP contribution in [0.15, 0.2) is 59.8 Å². The molecule has 1 amide bonds. The molecule has 26 heavy (non-hydrogen) atoms. The van der Waals surface area contributed by atoms with Gasteiger partial charge in [0.15, 0.2) is 11.0 Å². The van der Waals surface area contributed by atoms with Gasteiger partial charge in [0, 0.05) is 17.1 Å². The van der Waals surface area contributed by atoms with Gasteiger partial charge < -0.3 is 5.32 Å². The molecular formula is C19H19ClN4OS. The SMILES string of the molecule is CCNC(=O)CSc1nnc(-c2ccc(Cl)cc2)n1Cc1ccccc1. The van der Waals surface area contributed by atoms with Gasteiger partial charge in [0.1, 0.15) is 0 Å². The largest absolute Gasteiger partial charge is 0.356 e. The lowest BCUT2D eigenvalue weighted by molar-refractivity contribution is -0.118. The van der Waals surface area contributed by atoms with E-state index >= 15 is 0 Å². The summed E-state index contributed by atoms with van der Waals surface area (Å²) >= 11 is 7.38. The van der Waals surface area contributed by atoms with Crippen molar-refractivity contribution in [1.82, 2.24) is 20.1 Å². The van der Waals surface area contributed by atoms with Crippen molar-refractivity contribution in [3.63, 3.8) is 0 Å². The number of aromatic nitrogens is 3. The first-order valence-electron chi connectivity index (χ1n) is 8.30. The second-order valence-electron chi connectivity index (χ2n) is 5.63. The summed E-state index contributed by atoms with van der Waals surface area (Å²) in [6, 6.07) is 17.6. The van der Waals surface area contributed by atoms with Gasteiger partial charge in [-0.2, -0.15) is 0 Å². The Kier molecular flexibility index (Phi) is 6.30. The molecule has 0 unspecified atom stereocenters. The number of carbonyl (C=O) groups excluding carboxylic acids is 1. The van der Waals surface area contributed by atoms with Crippen molar-refractivity contribution < 1.29 is 4.79 Å². The molecule has 3 aromatic rings. The van der Waals surface area contributed by atoms with Gasteiger partial charge in [-0.3, -0.25) is 9.36 Å². The number of nitrogens with zero attached hydrogens (tertiary/aromatic N) is 3. The highest BCUT2D eigenvalue weighted by atomic mass is 35.5. The molecule has 5 nitrogen and oxygen atoms in total. The number of benzene rings is 2. The summed E-state index contributed by atoms with van der Waals surface area (Å²) in [6.07, 6.45) is 0. The zero-order valence-corrected chi connectivity index (χ0v) is 15.9. The van der Waals surface area contributed by atoms with Crippen molar-refractivity contribution in [2.45, 2.75) is 18.6 Å². The second kappa shape index (κ2) is 8.87. The summed E-state index contributed by atoms with van der Waals surface area (Å²) in [5, 5.41) is 12.8. The van der Waals surface area contributed by atoms with Crippen LogP contribution in [0.4, 0.5) is 0 Å². The third kappa shape index (κ3) is 4.65. The lowest BCUT2D eigenvalue weighted by atomic mass is 10.2. The first kappa shape index (κ1) is 18.5. The fraction of sp³-hybridized carbons (Fsp3) is 0.211. The Morgan fingerprint density at radius 2 is 1.85 bits per heavy atom. The third-order valence-electron chi connectivity index (χ3n) is 3.71. The molecule has 0 aliphatic heterocycles. The summed E-state index contributed by atoms with van der Waals surface area (Å²) in [7, 11) is 0. The molecule has 1 aromatic heterocycles. The van der Waals surface area contributed by atoms with Crippen molar-refractivity contribution in [3.05, 3.63) is 65.2 Å². The average molecular weight is 387 g/mol. The van der Waals surface area contributed by atoms with Gasteiger partial charge in [0.25, 0.3) is 0 Å². The molecule has 1 heterocycles. The number of halogens is 1. The van der Waals surface area contributed by atoms with E-state index in [1.807, 2.05) is 54.0 Å². The van der Waals surface area contributed by atoms with Crippen LogP contribution in [-0.4, -0.2) is 33.0 Å². The Hall–Kier alpha value is -2.31. The first-order chi connectivity index (χ1) is 12.7. The van der Waals surface area contributed by atoms with Gasteiger partial charge in [0.05, 0.1) is 12.3 Å². The van der Waals surface area contributed by atoms with Crippen LogP contribution in [-0.2, 0) is 11.3 Å². The summed E-state index contributed by atoms with van der Waals surface area (Å²) < 4.78 is 2.03. The number of hydrogen-bond donors (Lipinski definition) is 1. The Bertz CT molecular complexity index is 865. The summed E-state index contributed by atoms with van der Waals surface area (Å²) in [4.78, 5) is 11.8. The zero-order valence-electron chi connectivity index (χ0n) is 14.4. The van der Waals surface area contributed by atoms with E-state index in [-0.39, 0.29) is 5.91 Å². The highest BCUT2D eigenvalue weighted by Crippen LogP contribution is 2.26. The van der Waals surface area contributed by atoms with Crippen LogP contribution in [0.25, 0.3) is 11.4 Å². The maximum Gasteiger partial charge on any atom is 0.230 e. The number of nitrogens with one attached hydrogen (secondary N) is 1. The Balaban J connectivity index is 1.91. The van der Waals surface area contributed by atoms with Crippen molar-refractivity contribution >= 4 is 29.3 Å². The highest BCUT2D eigenvalue weighted by Gasteiger charge is 2.16. The van der Waals surface area contributed by atoms with Gasteiger partial charge >= 0.3 is 0 Å². The molecule has 0 fully saturated rings. The second-order valence-corrected chi connectivity index (χ2v) is 7.01. The van der Waals surface area contributed by atoms with E-state index in [1.54, 1.807) is 0 Å². The number of thioether (sulfide) groups is 1. The van der Waals surface area contributed by atoms with E-state index in [0.717, 1.165) is 17.0 Å². The predicted molar refractivity (Wildman–Crippen MR) is 105 cm³/mol. The molecule has 0 radical (unpaired) electrons. The maximum absolute atomic E-state index is 11.8. The van der Waals surface area contributed by atoms with E-state index in [9.17, 15) is 4.79 Å². The van der Waals surface area contributed by atoms with Crippen LogP contribution in [0.5, 0.6) is 0 Å². The molecule has 3 rings (SSSR count). The summed E-state index contributed by atoms with van der Waals surface area (Å²) in [5.74, 6) is 1.05. The van der Waals surface area contributed by atoms with Crippen LogP contribution < -0.4 is 5.32 Å². The van der Waals surface area contributed by atoms with Gasteiger partial charge in [0.2, 0.25) is 5.91 Å². The Morgan fingerprint density at radius 1 is 1.12 bits per heavy atom. The molecule has 134 valence electrons. The molecule has 0 saturated heterocycles. The van der Waals surface area contributed by atoms with Crippen molar-refractivity contribution in [2.24, 2.45) is 0 Å². The minimum atomic E-state index is -0.0141. The molecule has 0 saturated carbocycles. The van der Waals surface area contributed by atoms with Crippen LogP contribution in [0, 0.1) is 0 Å².